The Morgan fingerprint density at radius 2 is 2.54 bits per heavy atom. The summed E-state index contributed by atoms with van der Waals surface area (Å²) in [6.45, 7) is 0. The van der Waals surface area contributed by atoms with Crippen molar-refractivity contribution >= 4 is 11.6 Å². The number of hydrazine groups is 1. The Labute approximate surface area is 82.2 Å². The zero-order valence-corrected chi connectivity index (χ0v) is 7.84. The highest BCUT2D eigenvalue weighted by atomic mass is 35.5. The Kier molecular flexibility index (Phi) is 3.84. The van der Waals surface area contributed by atoms with Crippen molar-refractivity contribution < 1.29 is 4.42 Å². The minimum atomic E-state index is -0.0395. The van der Waals surface area contributed by atoms with Gasteiger partial charge in [-0.15, -0.1) is 12.3 Å². The Morgan fingerprint density at radius 3 is 3.00 bits per heavy atom. The maximum atomic E-state index is 5.78. The van der Waals surface area contributed by atoms with Crippen LogP contribution < -0.4 is 11.3 Å². The van der Waals surface area contributed by atoms with Crippen LogP contribution >= 0.6 is 11.6 Å². The van der Waals surface area contributed by atoms with E-state index in [2.05, 4.69) is 11.3 Å². The van der Waals surface area contributed by atoms with Gasteiger partial charge >= 0.3 is 0 Å². The van der Waals surface area contributed by atoms with Crippen LogP contribution in [0.3, 0.4) is 0 Å². The molecular weight excluding hydrogens is 188 g/mol. The average Bonchev–Trinajstić information content (AvgIpc) is 2.54. The Hall–Kier alpha value is -0.950. The first-order valence-electron chi connectivity index (χ1n) is 3.92. The predicted octanol–water partition coefficient (Wildman–Crippen LogP) is 1.85. The summed E-state index contributed by atoms with van der Waals surface area (Å²) in [4.78, 5) is 0. The van der Waals surface area contributed by atoms with E-state index in [1.165, 1.54) is 6.26 Å². The summed E-state index contributed by atoms with van der Waals surface area (Å²) in [6, 6.07) is 1.74. The third-order valence-electron chi connectivity index (χ3n) is 1.80. The summed E-state index contributed by atoms with van der Waals surface area (Å²) in [5.74, 6) is 7.90. The fourth-order valence-electron chi connectivity index (χ4n) is 1.11. The molecule has 1 rings (SSSR count). The first-order chi connectivity index (χ1) is 6.29. The second-order valence-corrected chi connectivity index (χ2v) is 2.95. The summed E-state index contributed by atoms with van der Waals surface area (Å²) in [6.07, 6.45) is 8.07. The highest BCUT2D eigenvalue weighted by Crippen LogP contribution is 2.26. The first-order valence-corrected chi connectivity index (χ1v) is 4.30. The zero-order chi connectivity index (χ0) is 9.68. The van der Waals surface area contributed by atoms with E-state index >= 15 is 0 Å². The van der Waals surface area contributed by atoms with Gasteiger partial charge in [0, 0.05) is 12.0 Å². The van der Waals surface area contributed by atoms with Crippen molar-refractivity contribution in [2.75, 3.05) is 0 Å². The van der Waals surface area contributed by atoms with E-state index in [1.807, 2.05) is 0 Å². The summed E-state index contributed by atoms with van der Waals surface area (Å²) >= 11 is 5.78. The SMILES string of the molecule is C#CCCC(NN)c1ccoc1Cl. The normalized spacial score (nSPS) is 12.4. The zero-order valence-electron chi connectivity index (χ0n) is 7.09. The molecule has 4 heteroatoms. The van der Waals surface area contributed by atoms with E-state index in [0.29, 0.717) is 11.6 Å². The molecule has 13 heavy (non-hydrogen) atoms. The third-order valence-corrected chi connectivity index (χ3v) is 2.11. The monoisotopic (exact) mass is 198 g/mol. The van der Waals surface area contributed by atoms with Crippen molar-refractivity contribution in [3.05, 3.63) is 23.1 Å². The molecule has 1 atom stereocenters. The number of nitrogens with two attached hydrogens (primary N) is 1. The first kappa shape index (κ1) is 10.1. The number of nitrogens with one attached hydrogen (secondary N) is 1. The van der Waals surface area contributed by atoms with E-state index in [9.17, 15) is 0 Å². The predicted molar refractivity (Wildman–Crippen MR) is 51.8 cm³/mol. The lowest BCUT2D eigenvalue weighted by atomic mass is 10.1. The summed E-state index contributed by atoms with van der Waals surface area (Å²) in [7, 11) is 0. The molecule has 70 valence electrons. The van der Waals surface area contributed by atoms with E-state index in [1.54, 1.807) is 6.07 Å². The highest BCUT2D eigenvalue weighted by molar-refractivity contribution is 6.29. The Morgan fingerprint density at radius 1 is 1.77 bits per heavy atom. The molecule has 3 N–H and O–H groups in total. The topological polar surface area (TPSA) is 51.2 Å². The minimum Gasteiger partial charge on any atom is -0.453 e. The molecule has 0 aliphatic heterocycles. The molecule has 1 heterocycles. The quantitative estimate of drug-likeness (QED) is 0.441. The summed E-state index contributed by atoms with van der Waals surface area (Å²) < 4.78 is 4.95. The molecule has 0 radical (unpaired) electrons. The lowest BCUT2D eigenvalue weighted by Crippen LogP contribution is -2.27. The molecule has 0 saturated heterocycles. The van der Waals surface area contributed by atoms with Crippen molar-refractivity contribution in [1.29, 1.82) is 0 Å². The van der Waals surface area contributed by atoms with Crippen LogP contribution in [0.2, 0.25) is 5.22 Å². The smallest absolute Gasteiger partial charge is 0.197 e. The van der Waals surface area contributed by atoms with Gasteiger partial charge < -0.3 is 4.42 Å². The van der Waals surface area contributed by atoms with Crippen molar-refractivity contribution in [3.63, 3.8) is 0 Å². The molecule has 0 amide bonds. The van der Waals surface area contributed by atoms with Gasteiger partial charge in [0.25, 0.3) is 0 Å². The number of halogens is 1. The molecule has 0 saturated carbocycles. The highest BCUT2D eigenvalue weighted by Gasteiger charge is 2.14. The van der Waals surface area contributed by atoms with Crippen LogP contribution in [0.1, 0.15) is 24.4 Å². The number of hydrogen-bond acceptors (Lipinski definition) is 3. The van der Waals surface area contributed by atoms with Crippen LogP contribution in [0.4, 0.5) is 0 Å². The van der Waals surface area contributed by atoms with Crippen LogP contribution in [0.25, 0.3) is 0 Å². The van der Waals surface area contributed by atoms with E-state index < -0.39 is 0 Å². The second-order valence-electron chi connectivity index (χ2n) is 2.61. The van der Waals surface area contributed by atoms with Crippen molar-refractivity contribution in [1.82, 2.24) is 5.43 Å². The molecule has 3 nitrogen and oxygen atoms in total. The molecular formula is C9H11ClN2O. The number of terminal acetylenes is 1. The van der Waals surface area contributed by atoms with Gasteiger partial charge in [-0.3, -0.25) is 11.3 Å². The standard InChI is InChI=1S/C9H11ClN2O/c1-2-3-4-8(12-11)7-5-6-13-9(7)10/h1,5-6,8,12H,3-4,11H2. The molecule has 1 unspecified atom stereocenters. The van der Waals surface area contributed by atoms with E-state index in [-0.39, 0.29) is 6.04 Å². The fraction of sp³-hybridized carbons (Fsp3) is 0.333. The van der Waals surface area contributed by atoms with E-state index in [4.69, 9.17) is 28.3 Å². The largest absolute Gasteiger partial charge is 0.453 e. The maximum Gasteiger partial charge on any atom is 0.197 e. The van der Waals surface area contributed by atoms with E-state index in [0.717, 1.165) is 12.0 Å². The number of furan rings is 1. The number of hydrogen-bond donors (Lipinski definition) is 2. The fourth-order valence-corrected chi connectivity index (χ4v) is 1.36. The average molecular weight is 199 g/mol. The van der Waals surface area contributed by atoms with Crippen LogP contribution in [-0.4, -0.2) is 0 Å². The van der Waals surface area contributed by atoms with Gasteiger partial charge in [-0.05, 0) is 24.1 Å². The van der Waals surface area contributed by atoms with Crippen LogP contribution in [0, 0.1) is 12.3 Å². The van der Waals surface area contributed by atoms with Gasteiger partial charge in [0.1, 0.15) is 0 Å². The van der Waals surface area contributed by atoms with Gasteiger partial charge in [-0.2, -0.15) is 0 Å². The minimum absolute atomic E-state index is 0.0395. The van der Waals surface area contributed by atoms with Gasteiger partial charge in [0.05, 0.1) is 12.3 Å². The molecule has 0 spiro atoms. The van der Waals surface area contributed by atoms with Crippen LogP contribution in [0.15, 0.2) is 16.7 Å². The van der Waals surface area contributed by atoms with Gasteiger partial charge in [0.2, 0.25) is 0 Å². The maximum absolute atomic E-state index is 5.78. The lowest BCUT2D eigenvalue weighted by molar-refractivity contribution is 0.508. The third kappa shape index (κ3) is 2.49. The Bertz CT molecular complexity index is 303. The van der Waals surface area contributed by atoms with Gasteiger partial charge in [-0.25, -0.2) is 0 Å². The van der Waals surface area contributed by atoms with Crippen LogP contribution in [0.5, 0.6) is 0 Å². The second kappa shape index (κ2) is 4.93. The molecule has 0 aliphatic rings. The van der Waals surface area contributed by atoms with Gasteiger partial charge in [-0.1, -0.05) is 0 Å². The molecule has 0 fully saturated rings. The molecule has 0 aromatic carbocycles. The van der Waals surface area contributed by atoms with Crippen molar-refractivity contribution in [2.45, 2.75) is 18.9 Å². The Balaban J connectivity index is 2.68. The molecule has 1 aromatic heterocycles. The van der Waals surface area contributed by atoms with Crippen molar-refractivity contribution in [3.8, 4) is 12.3 Å². The van der Waals surface area contributed by atoms with Crippen LogP contribution in [-0.2, 0) is 0 Å². The molecule has 0 bridgehead atoms. The molecule has 1 aromatic rings. The lowest BCUT2D eigenvalue weighted by Gasteiger charge is -2.12. The van der Waals surface area contributed by atoms with Gasteiger partial charge in [0.15, 0.2) is 5.22 Å². The summed E-state index contributed by atoms with van der Waals surface area (Å²) in [5.41, 5.74) is 3.49. The van der Waals surface area contributed by atoms with Crippen molar-refractivity contribution in [2.24, 2.45) is 5.84 Å². The number of rotatable bonds is 4. The molecule has 0 aliphatic carbocycles. The summed E-state index contributed by atoms with van der Waals surface area (Å²) in [5, 5.41) is 0.361.